The fourth-order valence-electron chi connectivity index (χ4n) is 4.34. The number of hydrogen-bond acceptors (Lipinski definition) is 5. The number of ether oxygens (including phenoxy) is 1. The Labute approximate surface area is 196 Å². The molecule has 1 aliphatic rings. The summed E-state index contributed by atoms with van der Waals surface area (Å²) in [5, 5.41) is 2.94. The third-order valence-corrected chi connectivity index (χ3v) is 8.33. The van der Waals surface area contributed by atoms with Gasteiger partial charge in [-0.2, -0.15) is 4.31 Å². The largest absolute Gasteiger partial charge is 0.462 e. The van der Waals surface area contributed by atoms with Crippen LogP contribution in [0.4, 0.5) is 0 Å². The van der Waals surface area contributed by atoms with Gasteiger partial charge in [0.2, 0.25) is 15.9 Å². The van der Waals surface area contributed by atoms with Gasteiger partial charge in [0, 0.05) is 38.1 Å². The van der Waals surface area contributed by atoms with Crippen LogP contribution in [0.3, 0.4) is 0 Å². The summed E-state index contributed by atoms with van der Waals surface area (Å²) in [7, 11) is -2.27. The van der Waals surface area contributed by atoms with Crippen LogP contribution in [-0.4, -0.2) is 48.9 Å². The first-order chi connectivity index (χ1) is 15.6. The monoisotopic (exact) mass is 475 g/mol. The number of amides is 1. The fraction of sp³-hybridized carbons (Fsp3) is 0.500. The molecule has 0 unspecified atom stereocenters. The topological polar surface area (TPSA) is 97.7 Å². The average Bonchev–Trinajstić information content (AvgIpc) is 3.02. The molecule has 0 saturated carbocycles. The summed E-state index contributed by atoms with van der Waals surface area (Å²) >= 11 is 0. The first-order valence-electron chi connectivity index (χ1n) is 11.2. The number of rotatable bonds is 7. The predicted octanol–water partition coefficient (Wildman–Crippen LogP) is 2.84. The Morgan fingerprint density at radius 2 is 1.91 bits per heavy atom. The SMILES string of the molecule is CCOC(=O)c1c(S(=O)(=O)N2CCC[C@@H](C(=O)NCc3cccc(C)c3)C2)c(C)n(C)c1C. The second-order valence-corrected chi connectivity index (χ2v) is 10.4. The lowest BCUT2D eigenvalue weighted by Gasteiger charge is -2.31. The Morgan fingerprint density at radius 1 is 1.18 bits per heavy atom. The normalized spacial score (nSPS) is 17.1. The van der Waals surface area contributed by atoms with Crippen molar-refractivity contribution < 1.29 is 22.7 Å². The molecule has 1 atom stereocenters. The first kappa shape index (κ1) is 25.0. The van der Waals surface area contributed by atoms with Gasteiger partial charge in [-0.05, 0) is 46.1 Å². The summed E-state index contributed by atoms with van der Waals surface area (Å²) in [5.74, 6) is -1.26. The maximum absolute atomic E-state index is 13.7. The summed E-state index contributed by atoms with van der Waals surface area (Å²) < 4.78 is 35.5. The van der Waals surface area contributed by atoms with Gasteiger partial charge in [-0.1, -0.05) is 29.8 Å². The Balaban J connectivity index is 1.81. The molecule has 2 heterocycles. The minimum atomic E-state index is -4.00. The van der Waals surface area contributed by atoms with Gasteiger partial charge in [0.1, 0.15) is 10.5 Å². The van der Waals surface area contributed by atoms with Crippen molar-refractivity contribution >= 4 is 21.9 Å². The maximum Gasteiger partial charge on any atom is 0.341 e. The molecule has 180 valence electrons. The highest BCUT2D eigenvalue weighted by Gasteiger charge is 2.38. The van der Waals surface area contributed by atoms with Gasteiger partial charge in [-0.15, -0.1) is 0 Å². The standard InChI is InChI=1S/C24H33N3O5S/c1-6-32-24(29)21-17(3)26(5)18(4)22(21)33(30,31)27-12-8-11-20(15-27)23(28)25-14-19-10-7-9-16(2)13-19/h7,9-10,13,20H,6,8,11-12,14-15H2,1-5H3,(H,25,28)/t20-/m1/s1. The minimum absolute atomic E-state index is 0.0261. The maximum atomic E-state index is 13.7. The molecule has 1 aromatic heterocycles. The zero-order chi connectivity index (χ0) is 24.3. The molecule has 1 saturated heterocycles. The second kappa shape index (κ2) is 10.1. The molecule has 1 amide bonds. The molecule has 9 heteroatoms. The number of aromatic nitrogens is 1. The number of esters is 1. The van der Waals surface area contributed by atoms with Gasteiger partial charge in [0.05, 0.1) is 12.5 Å². The van der Waals surface area contributed by atoms with Crippen LogP contribution in [0.25, 0.3) is 0 Å². The van der Waals surface area contributed by atoms with Gasteiger partial charge in [0.15, 0.2) is 0 Å². The molecule has 2 aromatic rings. The highest BCUT2D eigenvalue weighted by molar-refractivity contribution is 7.89. The van der Waals surface area contributed by atoms with Crippen LogP contribution in [0.1, 0.15) is 52.6 Å². The van der Waals surface area contributed by atoms with E-state index in [1.165, 1.54) is 4.31 Å². The molecule has 0 aliphatic carbocycles. The molecule has 1 aliphatic heterocycles. The number of nitrogens with one attached hydrogen (secondary N) is 1. The van der Waals surface area contributed by atoms with E-state index in [2.05, 4.69) is 5.32 Å². The van der Waals surface area contributed by atoms with Crippen molar-refractivity contribution in [2.24, 2.45) is 13.0 Å². The van der Waals surface area contributed by atoms with Crippen LogP contribution in [0, 0.1) is 26.7 Å². The summed E-state index contributed by atoms with van der Waals surface area (Å²) in [6.45, 7) is 7.99. The van der Waals surface area contributed by atoms with Crippen molar-refractivity contribution in [1.29, 1.82) is 0 Å². The Bertz CT molecular complexity index is 1150. The molecular weight excluding hydrogens is 442 g/mol. The molecule has 8 nitrogen and oxygen atoms in total. The average molecular weight is 476 g/mol. The lowest BCUT2D eigenvalue weighted by atomic mass is 9.98. The molecular formula is C24H33N3O5S. The molecule has 1 aromatic carbocycles. The zero-order valence-corrected chi connectivity index (χ0v) is 20.8. The first-order valence-corrected chi connectivity index (χ1v) is 12.7. The predicted molar refractivity (Wildman–Crippen MR) is 125 cm³/mol. The van der Waals surface area contributed by atoms with Crippen LogP contribution >= 0.6 is 0 Å². The molecule has 33 heavy (non-hydrogen) atoms. The van der Waals surface area contributed by atoms with Crippen molar-refractivity contribution in [2.45, 2.75) is 52.0 Å². The molecule has 1 fully saturated rings. The van der Waals surface area contributed by atoms with E-state index in [1.54, 1.807) is 32.4 Å². The van der Waals surface area contributed by atoms with Gasteiger partial charge in [-0.25, -0.2) is 13.2 Å². The van der Waals surface area contributed by atoms with Gasteiger partial charge < -0.3 is 14.6 Å². The third-order valence-electron chi connectivity index (χ3n) is 6.31. The minimum Gasteiger partial charge on any atom is -0.462 e. The third kappa shape index (κ3) is 5.14. The number of benzene rings is 1. The highest BCUT2D eigenvalue weighted by Crippen LogP contribution is 2.32. The smallest absolute Gasteiger partial charge is 0.341 e. The Morgan fingerprint density at radius 3 is 2.58 bits per heavy atom. The fourth-order valence-corrected chi connectivity index (χ4v) is 6.34. The van der Waals surface area contributed by atoms with Crippen molar-refractivity contribution in [3.8, 4) is 0 Å². The quantitative estimate of drug-likeness (QED) is 0.621. The van der Waals surface area contributed by atoms with Crippen molar-refractivity contribution in [1.82, 2.24) is 14.2 Å². The molecule has 1 N–H and O–H groups in total. The number of hydrogen-bond donors (Lipinski definition) is 1. The number of piperidine rings is 1. The van der Waals surface area contributed by atoms with E-state index >= 15 is 0 Å². The van der Waals surface area contributed by atoms with Gasteiger partial charge in [-0.3, -0.25) is 4.79 Å². The Kier molecular flexibility index (Phi) is 7.64. The number of carbonyl (C=O) groups excluding carboxylic acids is 2. The van der Waals surface area contributed by atoms with E-state index in [1.807, 2.05) is 31.2 Å². The van der Waals surface area contributed by atoms with Crippen LogP contribution in [0.5, 0.6) is 0 Å². The van der Waals surface area contributed by atoms with Gasteiger partial charge >= 0.3 is 5.97 Å². The number of aryl methyl sites for hydroxylation is 1. The molecule has 3 rings (SSSR count). The van der Waals surface area contributed by atoms with E-state index in [-0.39, 0.29) is 29.5 Å². The van der Waals surface area contributed by atoms with Crippen molar-refractivity contribution in [3.63, 3.8) is 0 Å². The van der Waals surface area contributed by atoms with E-state index in [9.17, 15) is 18.0 Å². The van der Waals surface area contributed by atoms with Crippen LogP contribution in [0.15, 0.2) is 29.2 Å². The van der Waals surface area contributed by atoms with Gasteiger partial charge in [0.25, 0.3) is 0 Å². The second-order valence-electron chi connectivity index (χ2n) is 8.56. The Hall–Kier alpha value is -2.65. The van der Waals surface area contributed by atoms with Crippen molar-refractivity contribution in [3.05, 3.63) is 52.3 Å². The summed E-state index contributed by atoms with van der Waals surface area (Å²) in [6.07, 6.45) is 1.19. The lowest BCUT2D eigenvalue weighted by molar-refractivity contribution is -0.126. The summed E-state index contributed by atoms with van der Waals surface area (Å²) in [6, 6.07) is 7.89. The zero-order valence-electron chi connectivity index (χ0n) is 20.0. The van der Waals surface area contributed by atoms with Crippen LogP contribution < -0.4 is 5.32 Å². The summed E-state index contributed by atoms with van der Waals surface area (Å²) in [5.41, 5.74) is 3.19. The number of nitrogens with zero attached hydrogens (tertiary/aromatic N) is 2. The highest BCUT2D eigenvalue weighted by atomic mass is 32.2. The van der Waals surface area contributed by atoms with Crippen LogP contribution in [-0.2, 0) is 33.1 Å². The molecule has 0 bridgehead atoms. The van der Waals surface area contributed by atoms with Crippen LogP contribution in [0.2, 0.25) is 0 Å². The van der Waals surface area contributed by atoms with Crippen molar-refractivity contribution in [2.75, 3.05) is 19.7 Å². The number of carbonyl (C=O) groups is 2. The molecule has 0 radical (unpaired) electrons. The van der Waals surface area contributed by atoms with E-state index in [0.29, 0.717) is 37.3 Å². The molecule has 0 spiro atoms. The van der Waals surface area contributed by atoms with E-state index < -0.39 is 21.9 Å². The lowest BCUT2D eigenvalue weighted by Crippen LogP contribution is -2.45. The summed E-state index contributed by atoms with van der Waals surface area (Å²) in [4.78, 5) is 25.4. The number of sulfonamides is 1. The van der Waals surface area contributed by atoms with E-state index in [0.717, 1.165) is 11.1 Å². The van der Waals surface area contributed by atoms with E-state index in [4.69, 9.17) is 4.74 Å².